The van der Waals surface area contributed by atoms with Crippen LogP contribution in [0, 0.1) is 28.6 Å². The van der Waals surface area contributed by atoms with E-state index in [4.69, 9.17) is 5.73 Å². The molecule has 4 N–H and O–H groups in total. The normalized spacial score (nSPS) is 22.5. The molecule has 2 aliphatic heterocycles. The van der Waals surface area contributed by atoms with E-state index in [1.807, 2.05) is 24.4 Å². The summed E-state index contributed by atoms with van der Waals surface area (Å²) in [6.07, 6.45) is 12.7. The number of halogens is 1. The van der Waals surface area contributed by atoms with E-state index in [9.17, 15) is 20.1 Å². The number of carbonyl (C=O) groups is 2. The Balaban J connectivity index is 0.845. The zero-order valence-electron chi connectivity index (χ0n) is 31.7. The van der Waals surface area contributed by atoms with E-state index >= 15 is 4.39 Å². The first-order valence-electron chi connectivity index (χ1n) is 19.6. The molecule has 57 heavy (non-hydrogen) atoms. The molecule has 4 aromatic heterocycles. The van der Waals surface area contributed by atoms with E-state index in [-0.39, 0.29) is 24.2 Å². The van der Waals surface area contributed by atoms with Gasteiger partial charge in [0.15, 0.2) is 11.5 Å². The number of nitriles is 2. The summed E-state index contributed by atoms with van der Waals surface area (Å²) >= 11 is 0. The number of nitrogen functional groups attached to an aromatic ring is 1. The predicted molar refractivity (Wildman–Crippen MR) is 209 cm³/mol. The monoisotopic (exact) mass is 769 g/mol. The Labute approximate surface area is 329 Å². The largest absolute Gasteiger partial charge is 0.383 e. The molecule has 1 aliphatic carbocycles. The molecule has 8 rings (SSSR count). The van der Waals surface area contributed by atoms with Gasteiger partial charge in [-0.05, 0) is 101 Å². The average molecular weight is 770 g/mol. The Morgan fingerprint density at radius 2 is 1.82 bits per heavy atom. The molecule has 0 spiro atoms. The number of nitrogens with zero attached hydrogens (tertiary/aromatic N) is 10. The van der Waals surface area contributed by atoms with Crippen LogP contribution in [-0.4, -0.2) is 77.1 Å². The van der Waals surface area contributed by atoms with Crippen molar-refractivity contribution in [2.75, 3.05) is 30.7 Å². The van der Waals surface area contributed by atoms with E-state index in [0.29, 0.717) is 51.5 Å². The van der Waals surface area contributed by atoms with E-state index in [1.165, 1.54) is 12.0 Å². The highest BCUT2D eigenvalue weighted by atomic mass is 19.1. The van der Waals surface area contributed by atoms with Crippen molar-refractivity contribution in [1.29, 1.82) is 10.5 Å². The van der Waals surface area contributed by atoms with Crippen molar-refractivity contribution in [2.24, 2.45) is 5.92 Å². The molecule has 292 valence electrons. The van der Waals surface area contributed by atoms with Crippen LogP contribution in [-0.2, 0) is 15.3 Å². The average Bonchev–Trinajstić information content (AvgIpc) is 3.89. The summed E-state index contributed by atoms with van der Waals surface area (Å²) < 4.78 is 18.7. The van der Waals surface area contributed by atoms with Crippen molar-refractivity contribution in [3.8, 4) is 23.6 Å². The molecule has 3 aliphatic rings. The van der Waals surface area contributed by atoms with Crippen LogP contribution < -0.4 is 16.4 Å². The van der Waals surface area contributed by atoms with Gasteiger partial charge in [0.2, 0.25) is 11.6 Å². The van der Waals surface area contributed by atoms with E-state index in [0.717, 1.165) is 63.9 Å². The highest BCUT2D eigenvalue weighted by molar-refractivity contribution is 6.02. The first kappa shape index (κ1) is 37.7. The lowest BCUT2D eigenvalue weighted by molar-refractivity contribution is -0.144. The number of rotatable bonds is 10. The summed E-state index contributed by atoms with van der Waals surface area (Å²) in [5, 5.41) is 38.5. The number of aromatic nitrogens is 7. The zero-order chi connectivity index (χ0) is 39.7. The fraction of sp³-hybridized carbons (Fsp3) is 0.439. The number of imide groups is 1. The highest BCUT2D eigenvalue weighted by Crippen LogP contribution is 2.39. The van der Waals surface area contributed by atoms with Crippen LogP contribution in [0.1, 0.15) is 98.9 Å². The van der Waals surface area contributed by atoms with Crippen molar-refractivity contribution in [2.45, 2.75) is 88.3 Å². The van der Waals surface area contributed by atoms with Crippen LogP contribution in [0.3, 0.4) is 0 Å². The van der Waals surface area contributed by atoms with Gasteiger partial charge in [-0.25, -0.2) is 19.0 Å². The minimum absolute atomic E-state index is 0.00194. The Kier molecular flexibility index (Phi) is 10.4. The summed E-state index contributed by atoms with van der Waals surface area (Å²) in [7, 11) is 0. The molecular formula is C41H44FN13O2. The van der Waals surface area contributed by atoms with Gasteiger partial charge in [0, 0.05) is 30.2 Å². The Bertz CT molecular complexity index is 2380. The summed E-state index contributed by atoms with van der Waals surface area (Å²) in [5.41, 5.74) is 8.27. The fourth-order valence-electron chi connectivity index (χ4n) is 8.51. The third-order valence-electron chi connectivity index (χ3n) is 12.0. The number of pyridine rings is 2. The lowest BCUT2D eigenvalue weighted by atomic mass is 9.79. The van der Waals surface area contributed by atoms with Gasteiger partial charge in [-0.1, -0.05) is 29.5 Å². The van der Waals surface area contributed by atoms with E-state index in [2.05, 4.69) is 47.0 Å². The summed E-state index contributed by atoms with van der Waals surface area (Å²) in [4.78, 5) is 35.4. The van der Waals surface area contributed by atoms with Crippen molar-refractivity contribution in [1.82, 2.24) is 45.0 Å². The molecule has 1 saturated carbocycles. The van der Waals surface area contributed by atoms with Gasteiger partial charge in [0.1, 0.15) is 23.6 Å². The Hall–Kier alpha value is -6.26. The van der Waals surface area contributed by atoms with Gasteiger partial charge in [-0.2, -0.15) is 20.3 Å². The SMILES string of the molecule is C[C@H](C#N)Nc1cc(-n2ncc3cc(C#N)c(N)nc32)ncc1-n1cc(C2CCC(CCN3CCC(c4ccc([C@@]5(F)CCC(=O)NC5=O)cc4)CC3)CC2)nn1. The maximum Gasteiger partial charge on any atom is 0.268 e. The Morgan fingerprint density at radius 3 is 2.54 bits per heavy atom. The molecule has 2 atom stereocenters. The number of nitrogens with two attached hydrogens (primary N) is 1. The maximum atomic E-state index is 15.5. The fourth-order valence-corrected chi connectivity index (χ4v) is 8.51. The second kappa shape index (κ2) is 15.7. The summed E-state index contributed by atoms with van der Waals surface area (Å²) in [6, 6.07) is 14.5. The van der Waals surface area contributed by atoms with Gasteiger partial charge in [-0.3, -0.25) is 14.9 Å². The van der Waals surface area contributed by atoms with Crippen LogP contribution in [0.25, 0.3) is 22.5 Å². The lowest BCUT2D eigenvalue weighted by Crippen LogP contribution is -2.49. The molecule has 1 aromatic carbocycles. The number of carbonyl (C=O) groups excluding carboxylic acids is 2. The molecule has 0 unspecified atom stereocenters. The summed E-state index contributed by atoms with van der Waals surface area (Å²) in [5.74, 6) is 0.651. The van der Waals surface area contributed by atoms with Gasteiger partial charge in [-0.15, -0.1) is 5.10 Å². The van der Waals surface area contributed by atoms with E-state index in [1.54, 1.807) is 52.9 Å². The highest BCUT2D eigenvalue weighted by Gasteiger charge is 2.44. The van der Waals surface area contributed by atoms with Crippen LogP contribution >= 0.6 is 0 Å². The Morgan fingerprint density at radius 1 is 1.05 bits per heavy atom. The number of hydrogen-bond acceptors (Lipinski definition) is 12. The number of hydrogen-bond donors (Lipinski definition) is 3. The third-order valence-corrected chi connectivity index (χ3v) is 12.0. The number of fused-ring (bicyclic) bond motifs is 1. The second-order valence-electron chi connectivity index (χ2n) is 15.6. The number of likely N-dealkylation sites (tertiary alicyclic amines) is 1. The number of anilines is 2. The quantitative estimate of drug-likeness (QED) is 0.154. The molecule has 16 heteroatoms. The lowest BCUT2D eigenvalue weighted by Gasteiger charge is -2.34. The number of nitrogens with one attached hydrogen (secondary N) is 2. The molecular weight excluding hydrogens is 726 g/mol. The van der Waals surface area contributed by atoms with Crippen LogP contribution in [0.5, 0.6) is 0 Å². The maximum absolute atomic E-state index is 15.5. The van der Waals surface area contributed by atoms with Crippen LogP contribution in [0.2, 0.25) is 0 Å². The van der Waals surface area contributed by atoms with Crippen LogP contribution in [0.4, 0.5) is 15.9 Å². The van der Waals surface area contributed by atoms with E-state index < -0.39 is 23.5 Å². The minimum atomic E-state index is -2.15. The molecule has 6 heterocycles. The van der Waals surface area contributed by atoms with Gasteiger partial charge in [0.05, 0.1) is 41.6 Å². The first-order valence-corrected chi connectivity index (χ1v) is 19.6. The molecule has 5 aromatic rings. The van der Waals surface area contributed by atoms with Crippen molar-refractivity contribution >= 4 is 34.4 Å². The molecule has 0 radical (unpaired) electrons. The number of amides is 2. The topological polar surface area (TPSA) is 209 Å². The van der Waals surface area contributed by atoms with Gasteiger partial charge < -0.3 is 16.0 Å². The summed E-state index contributed by atoms with van der Waals surface area (Å²) in [6.45, 7) is 4.89. The van der Waals surface area contributed by atoms with Gasteiger partial charge >= 0.3 is 0 Å². The second-order valence-corrected chi connectivity index (χ2v) is 15.6. The molecule has 2 amide bonds. The zero-order valence-corrected chi connectivity index (χ0v) is 31.7. The number of benzene rings is 1. The number of piperidine rings is 2. The molecule has 3 fully saturated rings. The van der Waals surface area contributed by atoms with Crippen molar-refractivity contribution in [3.63, 3.8) is 0 Å². The smallest absolute Gasteiger partial charge is 0.268 e. The molecule has 15 nitrogen and oxygen atoms in total. The minimum Gasteiger partial charge on any atom is -0.383 e. The van der Waals surface area contributed by atoms with Crippen molar-refractivity contribution in [3.05, 3.63) is 77.4 Å². The van der Waals surface area contributed by atoms with Crippen molar-refractivity contribution < 1.29 is 14.0 Å². The molecule has 0 bridgehead atoms. The first-order chi connectivity index (χ1) is 27.6. The van der Waals surface area contributed by atoms with Crippen LogP contribution in [0.15, 0.2) is 55.0 Å². The number of alkyl halides is 1. The molecule has 2 saturated heterocycles. The standard InChI is InChI=1S/C41H44FN13O2/c1-25(20-43)48-33-19-36(55-39-31(22-47-55)18-30(21-44)38(45)50-39)46-23-35(33)54-24-34(51-52-54)29-4-2-26(3-5-29)11-15-53-16-12-28(13-17-53)27-6-8-32(9-7-27)41(42)14-10-37(56)49-40(41)57/h6-9,18-19,22-26,28-29H,2-5,10-17H2,1H3,(H2,45,50)(H,46,48)(H,49,56,57)/t25-,26?,29?,41+/m1/s1. The predicted octanol–water partition coefficient (Wildman–Crippen LogP) is 5.32. The third kappa shape index (κ3) is 7.65. The van der Waals surface area contributed by atoms with Gasteiger partial charge in [0.25, 0.3) is 5.91 Å².